The molecule has 0 unspecified atom stereocenters. The summed E-state index contributed by atoms with van der Waals surface area (Å²) in [6.07, 6.45) is 0. The molecule has 0 fully saturated rings. The summed E-state index contributed by atoms with van der Waals surface area (Å²) in [6.45, 7) is 4.78. The molecule has 0 heterocycles. The third-order valence-corrected chi connectivity index (χ3v) is 3.48. The Bertz CT molecular complexity index is 681. The van der Waals surface area contributed by atoms with Crippen molar-refractivity contribution in [1.82, 2.24) is 0 Å². The highest BCUT2D eigenvalue weighted by Crippen LogP contribution is 2.34. The Morgan fingerprint density at radius 2 is 1.77 bits per heavy atom. The standard InChI is InChI=1S/C16H16Cl3NO2/c1-10(2)9-22-14-8-7-13(20-15(21)16(17,18)19)11-5-3-4-6-12(11)14/h3-8,10H,9H2,1-2H3,(H,20,21). The van der Waals surface area contributed by atoms with E-state index in [4.69, 9.17) is 39.5 Å². The van der Waals surface area contributed by atoms with Gasteiger partial charge in [-0.15, -0.1) is 0 Å². The van der Waals surface area contributed by atoms with Crippen LogP contribution in [0.3, 0.4) is 0 Å². The number of halogens is 3. The van der Waals surface area contributed by atoms with E-state index in [1.165, 1.54) is 0 Å². The lowest BCUT2D eigenvalue weighted by Crippen LogP contribution is -2.27. The molecule has 0 aromatic heterocycles. The summed E-state index contributed by atoms with van der Waals surface area (Å²) in [5.41, 5.74) is 0.573. The van der Waals surface area contributed by atoms with Gasteiger partial charge in [0.2, 0.25) is 0 Å². The number of ether oxygens (including phenoxy) is 1. The van der Waals surface area contributed by atoms with E-state index in [1.807, 2.05) is 24.3 Å². The Balaban J connectivity index is 2.38. The van der Waals surface area contributed by atoms with E-state index in [2.05, 4.69) is 19.2 Å². The molecule has 2 rings (SSSR count). The number of benzene rings is 2. The minimum atomic E-state index is -2.01. The number of fused-ring (bicyclic) bond motifs is 1. The molecule has 6 heteroatoms. The van der Waals surface area contributed by atoms with E-state index < -0.39 is 9.70 Å². The summed E-state index contributed by atoms with van der Waals surface area (Å²) in [4.78, 5) is 11.8. The van der Waals surface area contributed by atoms with Crippen LogP contribution in [0.4, 0.5) is 5.69 Å². The van der Waals surface area contributed by atoms with Gasteiger partial charge >= 0.3 is 0 Å². The number of alkyl halides is 3. The topological polar surface area (TPSA) is 38.3 Å². The summed E-state index contributed by atoms with van der Waals surface area (Å²) in [6, 6.07) is 11.1. The fraction of sp³-hybridized carbons (Fsp3) is 0.312. The molecule has 0 bridgehead atoms. The molecule has 0 radical (unpaired) electrons. The Morgan fingerprint density at radius 1 is 1.14 bits per heavy atom. The van der Waals surface area contributed by atoms with Crippen molar-refractivity contribution in [2.45, 2.75) is 17.6 Å². The lowest BCUT2D eigenvalue weighted by Gasteiger charge is -2.16. The van der Waals surface area contributed by atoms with E-state index in [0.717, 1.165) is 16.5 Å². The maximum absolute atomic E-state index is 11.8. The summed E-state index contributed by atoms with van der Waals surface area (Å²) in [7, 11) is 0. The van der Waals surface area contributed by atoms with Crippen molar-refractivity contribution < 1.29 is 9.53 Å². The van der Waals surface area contributed by atoms with E-state index in [1.54, 1.807) is 12.1 Å². The molecule has 0 aliphatic heterocycles. The highest BCUT2D eigenvalue weighted by Gasteiger charge is 2.31. The molecule has 1 N–H and O–H groups in total. The summed E-state index contributed by atoms with van der Waals surface area (Å²) < 4.78 is 3.81. The number of hydrogen-bond acceptors (Lipinski definition) is 2. The number of hydrogen-bond donors (Lipinski definition) is 1. The van der Waals surface area contributed by atoms with Gasteiger partial charge in [-0.05, 0) is 18.1 Å². The molecule has 0 saturated carbocycles. The van der Waals surface area contributed by atoms with Gasteiger partial charge in [0.1, 0.15) is 5.75 Å². The van der Waals surface area contributed by atoms with Gasteiger partial charge in [-0.3, -0.25) is 4.79 Å². The minimum absolute atomic E-state index is 0.419. The molecule has 2 aromatic rings. The van der Waals surface area contributed by atoms with Gasteiger partial charge in [-0.1, -0.05) is 72.9 Å². The largest absolute Gasteiger partial charge is 0.493 e. The van der Waals surface area contributed by atoms with Crippen LogP contribution in [-0.2, 0) is 4.79 Å². The summed E-state index contributed by atoms with van der Waals surface area (Å²) >= 11 is 16.8. The first kappa shape index (κ1) is 17.2. The van der Waals surface area contributed by atoms with Gasteiger partial charge in [0.05, 0.1) is 6.61 Å². The Morgan fingerprint density at radius 3 is 2.36 bits per heavy atom. The van der Waals surface area contributed by atoms with Crippen molar-refractivity contribution in [1.29, 1.82) is 0 Å². The molecule has 0 aliphatic carbocycles. The maximum atomic E-state index is 11.8. The number of carbonyl (C=O) groups excluding carboxylic acids is 1. The van der Waals surface area contributed by atoms with Crippen LogP contribution in [0, 0.1) is 5.92 Å². The third kappa shape index (κ3) is 4.19. The first-order valence-electron chi connectivity index (χ1n) is 6.81. The van der Waals surface area contributed by atoms with Gasteiger partial charge in [-0.2, -0.15) is 0 Å². The zero-order chi connectivity index (χ0) is 16.3. The first-order valence-corrected chi connectivity index (χ1v) is 7.95. The van der Waals surface area contributed by atoms with Crippen LogP contribution in [0.1, 0.15) is 13.8 Å². The van der Waals surface area contributed by atoms with Gasteiger partial charge in [0, 0.05) is 16.5 Å². The van der Waals surface area contributed by atoms with E-state index >= 15 is 0 Å². The second-order valence-corrected chi connectivity index (χ2v) is 7.59. The second-order valence-electron chi connectivity index (χ2n) is 5.31. The lowest BCUT2D eigenvalue weighted by molar-refractivity contribution is -0.115. The zero-order valence-electron chi connectivity index (χ0n) is 12.2. The molecular formula is C16H16Cl3NO2. The van der Waals surface area contributed by atoms with Crippen LogP contribution in [0.2, 0.25) is 0 Å². The molecular weight excluding hydrogens is 345 g/mol. The minimum Gasteiger partial charge on any atom is -0.493 e. The average molecular weight is 361 g/mol. The highest BCUT2D eigenvalue weighted by molar-refractivity contribution is 6.76. The predicted octanol–water partition coefficient (Wildman–Crippen LogP) is 5.18. The van der Waals surface area contributed by atoms with Crippen molar-refractivity contribution in [2.24, 2.45) is 5.92 Å². The van der Waals surface area contributed by atoms with Crippen molar-refractivity contribution in [3.63, 3.8) is 0 Å². The second kappa shape index (κ2) is 6.95. The molecule has 0 saturated heterocycles. The van der Waals surface area contributed by atoms with Gasteiger partial charge < -0.3 is 10.1 Å². The van der Waals surface area contributed by atoms with E-state index in [0.29, 0.717) is 18.2 Å². The quantitative estimate of drug-likeness (QED) is 0.763. The highest BCUT2D eigenvalue weighted by atomic mass is 35.6. The molecule has 3 nitrogen and oxygen atoms in total. The number of nitrogens with one attached hydrogen (secondary N) is 1. The van der Waals surface area contributed by atoms with Crippen LogP contribution in [-0.4, -0.2) is 16.3 Å². The zero-order valence-corrected chi connectivity index (χ0v) is 14.5. The van der Waals surface area contributed by atoms with Gasteiger partial charge in [-0.25, -0.2) is 0 Å². The van der Waals surface area contributed by atoms with Crippen molar-refractivity contribution >= 4 is 57.2 Å². The smallest absolute Gasteiger partial charge is 0.276 e. The van der Waals surface area contributed by atoms with Crippen LogP contribution >= 0.6 is 34.8 Å². The van der Waals surface area contributed by atoms with Gasteiger partial charge in [0.15, 0.2) is 0 Å². The number of anilines is 1. The van der Waals surface area contributed by atoms with Crippen LogP contribution in [0.15, 0.2) is 36.4 Å². The first-order chi connectivity index (χ1) is 10.3. The predicted molar refractivity (Wildman–Crippen MR) is 93.2 cm³/mol. The molecule has 118 valence electrons. The average Bonchev–Trinajstić information content (AvgIpc) is 2.45. The molecule has 0 aliphatic rings. The van der Waals surface area contributed by atoms with E-state index in [9.17, 15) is 4.79 Å². The van der Waals surface area contributed by atoms with E-state index in [-0.39, 0.29) is 0 Å². The Kier molecular flexibility index (Phi) is 5.43. The number of carbonyl (C=O) groups is 1. The molecule has 2 aromatic carbocycles. The molecule has 22 heavy (non-hydrogen) atoms. The lowest BCUT2D eigenvalue weighted by atomic mass is 10.1. The van der Waals surface area contributed by atoms with Crippen LogP contribution in [0.5, 0.6) is 5.75 Å². The van der Waals surface area contributed by atoms with Crippen LogP contribution < -0.4 is 10.1 Å². The SMILES string of the molecule is CC(C)COc1ccc(NC(=O)C(Cl)(Cl)Cl)c2ccccc12. The number of amides is 1. The Hall–Kier alpha value is -1.16. The van der Waals surface area contributed by atoms with Gasteiger partial charge in [0.25, 0.3) is 9.70 Å². The fourth-order valence-corrected chi connectivity index (χ4v) is 2.10. The maximum Gasteiger partial charge on any atom is 0.276 e. The summed E-state index contributed by atoms with van der Waals surface area (Å²) in [5.74, 6) is 0.484. The fourth-order valence-electron chi connectivity index (χ4n) is 1.96. The molecule has 0 atom stereocenters. The van der Waals surface area contributed by atoms with Crippen molar-refractivity contribution in [3.8, 4) is 5.75 Å². The monoisotopic (exact) mass is 359 g/mol. The normalized spacial score (nSPS) is 11.7. The third-order valence-electron chi connectivity index (χ3n) is 2.96. The molecule has 0 spiro atoms. The van der Waals surface area contributed by atoms with Crippen molar-refractivity contribution in [3.05, 3.63) is 36.4 Å². The Labute approximate surface area is 144 Å². The molecule has 1 amide bonds. The number of rotatable bonds is 4. The summed E-state index contributed by atoms with van der Waals surface area (Å²) in [5, 5.41) is 4.35. The van der Waals surface area contributed by atoms with Crippen molar-refractivity contribution in [2.75, 3.05) is 11.9 Å². The van der Waals surface area contributed by atoms with Crippen LogP contribution in [0.25, 0.3) is 10.8 Å².